The Balaban J connectivity index is 0.995. The van der Waals surface area contributed by atoms with E-state index in [0.29, 0.717) is 49.9 Å². The first kappa shape index (κ1) is 45.8. The number of aliphatic imine (C=N–C) groups is 1. The Kier molecular flexibility index (Phi) is 15.3. The van der Waals surface area contributed by atoms with E-state index in [2.05, 4.69) is 20.9 Å². The molecule has 0 saturated heterocycles. The summed E-state index contributed by atoms with van der Waals surface area (Å²) in [6.07, 6.45) is 3.47. The monoisotopic (exact) mass is 860 g/mol. The summed E-state index contributed by atoms with van der Waals surface area (Å²) in [6, 6.07) is 43.5. The number of isocyanates is 1. The molecule has 0 unspecified atom stereocenters. The summed E-state index contributed by atoms with van der Waals surface area (Å²) in [7, 11) is 0. The van der Waals surface area contributed by atoms with E-state index in [1.165, 1.54) is 18.2 Å². The lowest BCUT2D eigenvalue weighted by atomic mass is 9.84. The largest absolute Gasteiger partial charge is 0.508 e. The molecule has 6 aromatic carbocycles. The predicted octanol–water partition coefficient (Wildman–Crippen LogP) is 11.8. The highest BCUT2D eigenvalue weighted by Gasteiger charge is 2.32. The molecule has 12 heteroatoms. The molecule has 0 fully saturated rings. The zero-order valence-corrected chi connectivity index (χ0v) is 36.4. The van der Waals surface area contributed by atoms with Crippen molar-refractivity contribution in [2.45, 2.75) is 77.3 Å². The van der Waals surface area contributed by atoms with Gasteiger partial charge >= 0.3 is 18.3 Å². The van der Waals surface area contributed by atoms with E-state index in [1.807, 2.05) is 100 Å². The van der Waals surface area contributed by atoms with E-state index in [4.69, 9.17) is 14.2 Å². The van der Waals surface area contributed by atoms with Gasteiger partial charge in [0.1, 0.15) is 23.0 Å². The molecule has 3 amide bonds. The number of phenols is 1. The van der Waals surface area contributed by atoms with Gasteiger partial charge in [0.15, 0.2) is 0 Å². The molecule has 328 valence electrons. The third-order valence-corrected chi connectivity index (χ3v) is 11.5. The SMILES string of the molecule is CCC(CC)(NC(=O)Oc1cccc(O)c1)c1ccc(Cc2ccc(NC(=O)Oc3cccc(OC(=O)NC(CC)(CC)c4ccc(Cc5ccc(N=C=O)cc5)cc4)c3)cc2)cc1. The van der Waals surface area contributed by atoms with E-state index in [1.54, 1.807) is 60.7 Å². The average molecular weight is 861 g/mol. The van der Waals surface area contributed by atoms with Crippen LogP contribution in [0.3, 0.4) is 0 Å². The topological polar surface area (TPSA) is 165 Å². The summed E-state index contributed by atoms with van der Waals surface area (Å²) in [6.45, 7) is 8.04. The second-order valence-electron chi connectivity index (χ2n) is 15.4. The number of hydrogen-bond donors (Lipinski definition) is 4. The molecular weight excluding hydrogens is 809 g/mol. The molecule has 0 saturated carbocycles. The number of ether oxygens (including phenoxy) is 3. The van der Waals surface area contributed by atoms with Gasteiger partial charge in [-0.15, -0.1) is 0 Å². The van der Waals surface area contributed by atoms with Crippen molar-refractivity contribution in [2.24, 2.45) is 4.99 Å². The maximum absolute atomic E-state index is 13.3. The molecule has 0 heterocycles. The number of rotatable bonds is 17. The molecule has 64 heavy (non-hydrogen) atoms. The number of carbonyl (C=O) groups excluding carboxylic acids is 4. The van der Waals surface area contributed by atoms with Crippen LogP contribution in [0.15, 0.2) is 151 Å². The van der Waals surface area contributed by atoms with Crippen LogP contribution in [0.25, 0.3) is 0 Å². The van der Waals surface area contributed by atoms with E-state index in [0.717, 1.165) is 33.4 Å². The maximum Gasteiger partial charge on any atom is 0.417 e. The summed E-state index contributed by atoms with van der Waals surface area (Å²) in [4.78, 5) is 53.2. The Morgan fingerprint density at radius 2 is 0.922 bits per heavy atom. The van der Waals surface area contributed by atoms with Crippen molar-refractivity contribution in [3.63, 3.8) is 0 Å². The summed E-state index contributed by atoms with van der Waals surface area (Å²) >= 11 is 0. The van der Waals surface area contributed by atoms with E-state index in [-0.39, 0.29) is 23.0 Å². The van der Waals surface area contributed by atoms with Crippen LogP contribution in [0.5, 0.6) is 23.0 Å². The van der Waals surface area contributed by atoms with Crippen LogP contribution in [0.1, 0.15) is 86.8 Å². The number of amides is 3. The first-order valence-electron chi connectivity index (χ1n) is 21.3. The van der Waals surface area contributed by atoms with Crippen molar-refractivity contribution < 1.29 is 38.5 Å². The molecule has 0 aliphatic carbocycles. The van der Waals surface area contributed by atoms with Crippen molar-refractivity contribution in [3.05, 3.63) is 179 Å². The predicted molar refractivity (Wildman–Crippen MR) is 246 cm³/mol. The number of anilines is 1. The van der Waals surface area contributed by atoms with Crippen LogP contribution in [0.4, 0.5) is 25.8 Å². The Labute approximate surface area is 373 Å². The molecule has 0 aromatic heterocycles. The number of phenolic OH excluding ortho intramolecular Hbond substituents is 1. The number of carbonyl (C=O) groups is 3. The first-order chi connectivity index (χ1) is 31.0. The second-order valence-corrected chi connectivity index (χ2v) is 15.4. The number of hydrogen-bond acceptors (Lipinski definition) is 9. The lowest BCUT2D eigenvalue weighted by Crippen LogP contribution is -2.46. The van der Waals surface area contributed by atoms with Crippen molar-refractivity contribution in [1.82, 2.24) is 10.6 Å². The highest BCUT2D eigenvalue weighted by atomic mass is 16.6. The molecule has 0 aliphatic rings. The van der Waals surface area contributed by atoms with Gasteiger partial charge in [-0.05, 0) is 120 Å². The van der Waals surface area contributed by atoms with Crippen LogP contribution in [0, 0.1) is 0 Å². The van der Waals surface area contributed by atoms with Gasteiger partial charge in [0.2, 0.25) is 6.08 Å². The fourth-order valence-electron chi connectivity index (χ4n) is 7.67. The van der Waals surface area contributed by atoms with Gasteiger partial charge in [-0.2, -0.15) is 4.99 Å². The van der Waals surface area contributed by atoms with Crippen LogP contribution >= 0.6 is 0 Å². The summed E-state index contributed by atoms with van der Waals surface area (Å²) < 4.78 is 16.7. The van der Waals surface area contributed by atoms with Crippen molar-refractivity contribution >= 4 is 35.7 Å². The summed E-state index contributed by atoms with van der Waals surface area (Å²) in [5.74, 6) is 0.668. The number of benzene rings is 6. The van der Waals surface area contributed by atoms with Crippen LogP contribution in [-0.2, 0) is 28.7 Å². The molecule has 12 nitrogen and oxygen atoms in total. The smallest absolute Gasteiger partial charge is 0.417 e. The lowest BCUT2D eigenvalue weighted by Gasteiger charge is -2.33. The normalized spacial score (nSPS) is 11.1. The standard InChI is InChI=1S/C52H52N4O8/c1-5-51(6-2,55-49(60)63-45-12-9-11-44(58)33-45)40-25-17-37(18-26-40)32-39-21-29-43(30-22-39)54-48(59)62-46-13-10-14-47(34-46)64-50(61)56-52(7-3,8-4)41-23-15-36(16-24-41)31-38-19-27-42(28-20-38)53-35-57/h9-30,33-34,58H,5-8,31-32H2,1-4H3,(H,54,59)(H,55,60)(H,56,61). The molecule has 0 aliphatic heterocycles. The molecule has 0 atom stereocenters. The number of nitrogens with zero attached hydrogens (tertiary/aromatic N) is 1. The molecule has 0 radical (unpaired) electrons. The van der Waals surface area contributed by atoms with Crippen molar-refractivity contribution in [1.29, 1.82) is 0 Å². The van der Waals surface area contributed by atoms with Gasteiger partial charge in [0, 0.05) is 17.8 Å². The van der Waals surface area contributed by atoms with Gasteiger partial charge in [-0.25, -0.2) is 19.2 Å². The van der Waals surface area contributed by atoms with Gasteiger partial charge in [-0.3, -0.25) is 5.32 Å². The Bertz CT molecular complexity index is 2560. The molecule has 0 spiro atoms. The molecule has 6 rings (SSSR count). The van der Waals surface area contributed by atoms with Crippen molar-refractivity contribution in [2.75, 3.05) is 5.32 Å². The number of aromatic hydroxyl groups is 1. The summed E-state index contributed by atoms with van der Waals surface area (Å²) in [5.41, 5.74) is 5.92. The van der Waals surface area contributed by atoms with Gasteiger partial charge in [-0.1, -0.05) is 113 Å². The number of nitrogens with one attached hydrogen (secondary N) is 3. The van der Waals surface area contributed by atoms with E-state index >= 15 is 0 Å². The van der Waals surface area contributed by atoms with Crippen LogP contribution in [-0.4, -0.2) is 29.5 Å². The molecule has 0 bridgehead atoms. The van der Waals surface area contributed by atoms with E-state index in [9.17, 15) is 24.3 Å². The minimum absolute atomic E-state index is 0.0116. The maximum atomic E-state index is 13.3. The Morgan fingerprint density at radius 3 is 1.34 bits per heavy atom. The van der Waals surface area contributed by atoms with Crippen molar-refractivity contribution in [3.8, 4) is 23.0 Å². The third-order valence-electron chi connectivity index (χ3n) is 11.5. The van der Waals surface area contributed by atoms with E-state index < -0.39 is 29.4 Å². The minimum Gasteiger partial charge on any atom is -0.508 e. The average Bonchev–Trinajstić information content (AvgIpc) is 3.29. The second kappa shape index (κ2) is 21.4. The molecular formula is C52H52N4O8. The minimum atomic E-state index is -0.705. The molecule has 6 aromatic rings. The zero-order valence-electron chi connectivity index (χ0n) is 36.4. The lowest BCUT2D eigenvalue weighted by molar-refractivity contribution is 0.178. The van der Waals surface area contributed by atoms with Crippen LogP contribution < -0.4 is 30.2 Å². The molecule has 4 N–H and O–H groups in total. The Morgan fingerprint density at radius 1 is 0.531 bits per heavy atom. The van der Waals surface area contributed by atoms with Gasteiger partial charge in [0.05, 0.1) is 16.8 Å². The highest BCUT2D eigenvalue weighted by molar-refractivity contribution is 5.86. The zero-order chi connectivity index (χ0) is 45.5. The fourth-order valence-corrected chi connectivity index (χ4v) is 7.67. The third kappa shape index (κ3) is 12.0. The van der Waals surface area contributed by atoms with Gasteiger partial charge < -0.3 is 30.0 Å². The highest BCUT2D eigenvalue weighted by Crippen LogP contribution is 2.32. The van der Waals surface area contributed by atoms with Gasteiger partial charge in [0.25, 0.3) is 0 Å². The fraction of sp³-hybridized carbons (Fsp3) is 0.231. The van der Waals surface area contributed by atoms with Crippen LogP contribution in [0.2, 0.25) is 0 Å². The Hall–Kier alpha value is -7.69. The quantitative estimate of drug-likeness (QED) is 0.0520. The summed E-state index contributed by atoms with van der Waals surface area (Å²) in [5, 5.41) is 18.6. The first-order valence-corrected chi connectivity index (χ1v) is 21.3.